The number of hydrogen-bond donors (Lipinski definition) is 1. The van der Waals surface area contributed by atoms with Crippen molar-refractivity contribution in [3.63, 3.8) is 0 Å². The molecule has 1 amide bonds. The van der Waals surface area contributed by atoms with Gasteiger partial charge in [0.15, 0.2) is 0 Å². The van der Waals surface area contributed by atoms with Crippen LogP contribution >= 0.6 is 0 Å². The molecule has 0 unspecified atom stereocenters. The summed E-state index contributed by atoms with van der Waals surface area (Å²) in [6.07, 6.45) is 1.40. The molecule has 1 N–H and O–H groups in total. The van der Waals surface area contributed by atoms with Gasteiger partial charge >= 0.3 is 5.97 Å². The third-order valence-corrected chi connectivity index (χ3v) is 4.06. The average molecular weight is 371 g/mol. The molecular weight excluding hydrogens is 346 g/mol. The van der Waals surface area contributed by atoms with Crippen molar-refractivity contribution in [2.45, 2.75) is 26.7 Å². The Balaban J connectivity index is 2.25. The monoisotopic (exact) mass is 371 g/mol. The fraction of sp³-hybridized carbons (Fsp3) is 0.333. The summed E-state index contributed by atoms with van der Waals surface area (Å²) in [6, 6.07) is 11.0. The Hall–Kier alpha value is -3.02. The lowest BCUT2D eigenvalue weighted by Gasteiger charge is -2.13. The molecule has 2 aromatic rings. The third kappa shape index (κ3) is 5.48. The summed E-state index contributed by atoms with van der Waals surface area (Å²) in [5.41, 5.74) is 2.77. The molecule has 0 bridgehead atoms. The van der Waals surface area contributed by atoms with Crippen LogP contribution in [-0.2, 0) is 22.4 Å². The highest BCUT2D eigenvalue weighted by atomic mass is 16.5. The molecule has 6 heteroatoms. The van der Waals surface area contributed by atoms with Crippen LogP contribution in [0.3, 0.4) is 0 Å². The van der Waals surface area contributed by atoms with Gasteiger partial charge in [0, 0.05) is 6.92 Å². The van der Waals surface area contributed by atoms with E-state index in [0.29, 0.717) is 24.1 Å². The third-order valence-electron chi connectivity index (χ3n) is 4.06. The van der Waals surface area contributed by atoms with Gasteiger partial charge in [-0.15, -0.1) is 0 Å². The van der Waals surface area contributed by atoms with Crippen LogP contribution in [0.15, 0.2) is 36.4 Å². The Morgan fingerprint density at radius 2 is 1.78 bits per heavy atom. The van der Waals surface area contributed by atoms with Crippen molar-refractivity contribution in [2.75, 3.05) is 26.1 Å². The number of hydrogen-bond acceptors (Lipinski definition) is 5. The first-order valence-corrected chi connectivity index (χ1v) is 8.77. The van der Waals surface area contributed by atoms with Crippen molar-refractivity contribution >= 4 is 17.6 Å². The number of benzene rings is 2. The van der Waals surface area contributed by atoms with Crippen LogP contribution in [0.5, 0.6) is 11.5 Å². The zero-order chi connectivity index (χ0) is 19.8. The summed E-state index contributed by atoms with van der Waals surface area (Å²) in [5, 5.41) is 2.67. The van der Waals surface area contributed by atoms with Gasteiger partial charge in [0.2, 0.25) is 5.91 Å². The SMILES string of the molecule is CCOC(=O)c1cc(CCc2cc(OC)ccc2OC)ccc1NC(C)=O. The van der Waals surface area contributed by atoms with E-state index in [1.54, 1.807) is 33.3 Å². The largest absolute Gasteiger partial charge is 0.497 e. The predicted octanol–water partition coefficient (Wildman–Crippen LogP) is 3.62. The smallest absolute Gasteiger partial charge is 0.340 e. The normalized spacial score (nSPS) is 10.2. The van der Waals surface area contributed by atoms with Crippen LogP contribution in [-0.4, -0.2) is 32.7 Å². The van der Waals surface area contributed by atoms with Gasteiger partial charge < -0.3 is 19.5 Å². The fourth-order valence-corrected chi connectivity index (χ4v) is 2.78. The molecule has 0 atom stereocenters. The average Bonchev–Trinajstić information content (AvgIpc) is 2.66. The number of methoxy groups -OCH3 is 2. The second-order valence-electron chi connectivity index (χ2n) is 5.96. The predicted molar refractivity (Wildman–Crippen MR) is 104 cm³/mol. The van der Waals surface area contributed by atoms with Crippen LogP contribution in [0.4, 0.5) is 5.69 Å². The minimum Gasteiger partial charge on any atom is -0.497 e. The Morgan fingerprint density at radius 1 is 1.00 bits per heavy atom. The molecule has 2 rings (SSSR count). The molecule has 0 aromatic heterocycles. The Kier molecular flexibility index (Phi) is 7.23. The summed E-state index contributed by atoms with van der Waals surface area (Å²) in [4.78, 5) is 23.6. The number of nitrogens with one attached hydrogen (secondary N) is 1. The topological polar surface area (TPSA) is 73.9 Å². The van der Waals surface area contributed by atoms with Gasteiger partial charge in [0.25, 0.3) is 0 Å². The highest BCUT2D eigenvalue weighted by molar-refractivity contribution is 6.00. The first-order valence-electron chi connectivity index (χ1n) is 8.77. The minimum absolute atomic E-state index is 0.241. The number of rotatable bonds is 8. The first kappa shape index (κ1) is 20.3. The van der Waals surface area contributed by atoms with Gasteiger partial charge in [-0.3, -0.25) is 4.79 Å². The van der Waals surface area contributed by atoms with E-state index in [1.807, 2.05) is 24.3 Å². The van der Waals surface area contributed by atoms with Crippen molar-refractivity contribution in [3.8, 4) is 11.5 Å². The molecule has 0 aliphatic rings. The number of amides is 1. The molecule has 0 radical (unpaired) electrons. The lowest BCUT2D eigenvalue weighted by Crippen LogP contribution is -2.13. The van der Waals surface area contributed by atoms with Gasteiger partial charge in [-0.05, 0) is 61.2 Å². The molecule has 0 saturated carbocycles. The molecule has 2 aromatic carbocycles. The highest BCUT2D eigenvalue weighted by Crippen LogP contribution is 2.26. The number of esters is 1. The van der Waals surface area contributed by atoms with E-state index in [9.17, 15) is 9.59 Å². The summed E-state index contributed by atoms with van der Waals surface area (Å²) >= 11 is 0. The first-order chi connectivity index (χ1) is 13.0. The van der Waals surface area contributed by atoms with Crippen LogP contribution in [0.25, 0.3) is 0 Å². The van der Waals surface area contributed by atoms with E-state index in [-0.39, 0.29) is 12.5 Å². The van der Waals surface area contributed by atoms with E-state index in [1.165, 1.54) is 6.92 Å². The molecule has 27 heavy (non-hydrogen) atoms. The maximum Gasteiger partial charge on any atom is 0.340 e. The second-order valence-corrected chi connectivity index (χ2v) is 5.96. The Labute approximate surface area is 159 Å². The summed E-state index contributed by atoms with van der Waals surface area (Å²) < 4.78 is 15.8. The van der Waals surface area contributed by atoms with E-state index in [2.05, 4.69) is 5.32 Å². The lowest BCUT2D eigenvalue weighted by molar-refractivity contribution is -0.114. The summed E-state index contributed by atoms with van der Waals surface area (Å²) in [6.45, 7) is 3.41. The number of aryl methyl sites for hydroxylation is 2. The molecule has 0 fully saturated rings. The van der Waals surface area contributed by atoms with Crippen LogP contribution in [0.1, 0.15) is 35.3 Å². The number of anilines is 1. The van der Waals surface area contributed by atoms with Crippen molar-refractivity contribution in [1.29, 1.82) is 0 Å². The van der Waals surface area contributed by atoms with Gasteiger partial charge in [-0.2, -0.15) is 0 Å². The lowest BCUT2D eigenvalue weighted by atomic mass is 10.0. The number of carbonyl (C=O) groups excluding carboxylic acids is 2. The maximum absolute atomic E-state index is 12.2. The molecular formula is C21H25NO5. The summed E-state index contributed by atoms with van der Waals surface area (Å²) in [5.74, 6) is 0.853. The van der Waals surface area contributed by atoms with Crippen molar-refractivity contribution < 1.29 is 23.8 Å². The van der Waals surface area contributed by atoms with Crippen molar-refractivity contribution in [2.24, 2.45) is 0 Å². The van der Waals surface area contributed by atoms with Crippen LogP contribution < -0.4 is 14.8 Å². The molecule has 0 aliphatic heterocycles. The van der Waals surface area contributed by atoms with E-state index >= 15 is 0 Å². The van der Waals surface area contributed by atoms with Gasteiger partial charge in [-0.1, -0.05) is 6.07 Å². The van der Waals surface area contributed by atoms with Gasteiger partial charge in [0.05, 0.1) is 32.1 Å². The van der Waals surface area contributed by atoms with Crippen molar-refractivity contribution in [1.82, 2.24) is 0 Å². The molecule has 0 saturated heterocycles. The number of carbonyl (C=O) groups is 2. The Morgan fingerprint density at radius 3 is 2.41 bits per heavy atom. The maximum atomic E-state index is 12.2. The zero-order valence-electron chi connectivity index (χ0n) is 16.1. The molecule has 0 aliphatic carbocycles. The quantitative estimate of drug-likeness (QED) is 0.718. The van der Waals surface area contributed by atoms with Crippen LogP contribution in [0.2, 0.25) is 0 Å². The van der Waals surface area contributed by atoms with E-state index in [4.69, 9.17) is 14.2 Å². The Bertz CT molecular complexity index is 816. The van der Waals surface area contributed by atoms with Crippen LogP contribution in [0, 0.1) is 0 Å². The molecule has 6 nitrogen and oxygen atoms in total. The van der Waals surface area contributed by atoms with E-state index in [0.717, 1.165) is 22.6 Å². The zero-order valence-corrected chi connectivity index (χ0v) is 16.1. The molecule has 0 heterocycles. The standard InChI is InChI=1S/C21H25NO5/c1-5-27-21(24)18-12-15(7-10-19(18)22-14(2)23)6-8-16-13-17(25-3)9-11-20(16)26-4/h7,9-13H,5-6,8H2,1-4H3,(H,22,23). The van der Waals surface area contributed by atoms with Gasteiger partial charge in [-0.25, -0.2) is 4.79 Å². The molecule has 144 valence electrons. The second kappa shape index (κ2) is 9.62. The van der Waals surface area contributed by atoms with Gasteiger partial charge in [0.1, 0.15) is 11.5 Å². The van der Waals surface area contributed by atoms with E-state index < -0.39 is 5.97 Å². The van der Waals surface area contributed by atoms with Crippen molar-refractivity contribution in [3.05, 3.63) is 53.1 Å². The minimum atomic E-state index is -0.456. The summed E-state index contributed by atoms with van der Waals surface area (Å²) in [7, 11) is 3.25. The number of ether oxygens (including phenoxy) is 3. The molecule has 0 spiro atoms. The highest BCUT2D eigenvalue weighted by Gasteiger charge is 2.15. The fourth-order valence-electron chi connectivity index (χ4n) is 2.78.